The first kappa shape index (κ1) is 13.4. The summed E-state index contributed by atoms with van der Waals surface area (Å²) >= 11 is 0. The number of carbonyl (C=O) groups is 1. The normalized spacial score (nSPS) is 44.6. The minimum atomic E-state index is -0.335. The molecule has 0 aromatic heterocycles. The maximum absolute atomic E-state index is 13.1. The molecule has 2 bridgehead atoms. The lowest BCUT2D eigenvalue weighted by Crippen LogP contribution is -2.54. The Hall–Kier alpha value is -0.610. The van der Waals surface area contributed by atoms with Crippen LogP contribution in [0.25, 0.3) is 0 Å². The van der Waals surface area contributed by atoms with Gasteiger partial charge in [0.15, 0.2) is 0 Å². The van der Waals surface area contributed by atoms with Crippen LogP contribution in [0.15, 0.2) is 0 Å². The lowest BCUT2D eigenvalue weighted by Gasteiger charge is -2.43. The van der Waals surface area contributed by atoms with Crippen LogP contribution in [-0.4, -0.2) is 48.2 Å². The minimum Gasteiger partial charge on any atom is -0.393 e. The van der Waals surface area contributed by atoms with Crippen LogP contribution in [-0.2, 0) is 4.79 Å². The fourth-order valence-electron chi connectivity index (χ4n) is 4.77. The number of piperazine rings is 1. The zero-order valence-corrected chi connectivity index (χ0v) is 12.3. The van der Waals surface area contributed by atoms with E-state index in [1.165, 1.54) is 0 Å². The predicted octanol–water partition coefficient (Wildman–Crippen LogP) is 0.995. The molecule has 3 aliphatic rings. The van der Waals surface area contributed by atoms with Crippen LogP contribution in [0, 0.1) is 16.2 Å². The van der Waals surface area contributed by atoms with Crippen molar-refractivity contribution in [2.75, 3.05) is 26.2 Å². The Balaban J connectivity index is 1.93. The summed E-state index contributed by atoms with van der Waals surface area (Å²) in [7, 11) is 0. The molecule has 1 heterocycles. The van der Waals surface area contributed by atoms with E-state index in [1.54, 1.807) is 0 Å². The summed E-state index contributed by atoms with van der Waals surface area (Å²) in [6.45, 7) is 9.95. The van der Waals surface area contributed by atoms with Gasteiger partial charge in [0.2, 0.25) is 5.91 Å². The van der Waals surface area contributed by atoms with Gasteiger partial charge in [0, 0.05) is 26.2 Å². The largest absolute Gasteiger partial charge is 0.393 e. The molecule has 3 rings (SSSR count). The second kappa shape index (κ2) is 3.95. The molecule has 0 aromatic rings. The second-order valence-corrected chi connectivity index (χ2v) is 7.39. The molecule has 19 heavy (non-hydrogen) atoms. The van der Waals surface area contributed by atoms with Gasteiger partial charge >= 0.3 is 0 Å². The molecule has 1 aliphatic heterocycles. The monoisotopic (exact) mass is 266 g/mol. The summed E-state index contributed by atoms with van der Waals surface area (Å²) in [5.74, 6) is 0.291. The zero-order valence-electron chi connectivity index (χ0n) is 12.3. The Morgan fingerprint density at radius 2 is 1.84 bits per heavy atom. The molecule has 2 saturated carbocycles. The van der Waals surface area contributed by atoms with E-state index in [0.29, 0.717) is 12.3 Å². The van der Waals surface area contributed by atoms with E-state index >= 15 is 0 Å². The van der Waals surface area contributed by atoms with Gasteiger partial charge in [-0.1, -0.05) is 20.8 Å². The molecule has 1 amide bonds. The van der Waals surface area contributed by atoms with Crippen molar-refractivity contribution in [1.29, 1.82) is 0 Å². The minimum absolute atomic E-state index is 0.100. The molecule has 4 nitrogen and oxygen atoms in total. The van der Waals surface area contributed by atoms with Gasteiger partial charge in [-0.15, -0.1) is 0 Å². The number of nitrogens with zero attached hydrogens (tertiary/aromatic N) is 1. The van der Waals surface area contributed by atoms with Gasteiger partial charge in [0.25, 0.3) is 0 Å². The average molecular weight is 266 g/mol. The average Bonchev–Trinajstić information content (AvgIpc) is 2.69. The highest BCUT2D eigenvalue weighted by Crippen LogP contribution is 2.72. The first-order valence-corrected chi connectivity index (χ1v) is 7.53. The van der Waals surface area contributed by atoms with E-state index in [1.807, 2.05) is 4.90 Å². The number of hydrogen-bond acceptors (Lipinski definition) is 3. The Morgan fingerprint density at radius 1 is 1.21 bits per heavy atom. The van der Waals surface area contributed by atoms with E-state index in [2.05, 4.69) is 26.1 Å². The van der Waals surface area contributed by atoms with Gasteiger partial charge in [0.05, 0.1) is 11.5 Å². The van der Waals surface area contributed by atoms with E-state index in [4.69, 9.17) is 0 Å². The van der Waals surface area contributed by atoms with Crippen LogP contribution in [0.4, 0.5) is 0 Å². The van der Waals surface area contributed by atoms with Crippen LogP contribution in [0.2, 0.25) is 0 Å². The topological polar surface area (TPSA) is 52.6 Å². The molecule has 0 aromatic carbocycles. The van der Waals surface area contributed by atoms with Gasteiger partial charge in [-0.25, -0.2) is 0 Å². The number of carbonyl (C=O) groups excluding carboxylic acids is 1. The molecule has 108 valence electrons. The van der Waals surface area contributed by atoms with Gasteiger partial charge in [-0.05, 0) is 30.1 Å². The Labute approximate surface area is 115 Å². The highest BCUT2D eigenvalue weighted by atomic mass is 16.3. The Morgan fingerprint density at radius 3 is 2.32 bits per heavy atom. The SMILES string of the molecule is CC1(C)[C@]2(C(=O)N3CCNCC3)CC[C@@]1(C)[C@@H](O)C2. The van der Waals surface area contributed by atoms with Crippen molar-refractivity contribution in [2.45, 2.75) is 46.1 Å². The standard InChI is InChI=1S/C15H26N2O2/c1-13(2)14(3)4-5-15(13,10-11(14)18)12(19)17-8-6-16-7-9-17/h11,16,18H,4-10H2,1-3H3/t11-,14-,15+/m0/s1. The lowest BCUT2D eigenvalue weighted by molar-refractivity contribution is -0.148. The molecule has 3 fully saturated rings. The fraction of sp³-hybridized carbons (Fsp3) is 0.933. The highest BCUT2D eigenvalue weighted by Gasteiger charge is 2.72. The van der Waals surface area contributed by atoms with Gasteiger partial charge in [-0.2, -0.15) is 0 Å². The van der Waals surface area contributed by atoms with E-state index in [0.717, 1.165) is 39.0 Å². The van der Waals surface area contributed by atoms with Crippen LogP contribution in [0.5, 0.6) is 0 Å². The quantitative estimate of drug-likeness (QED) is 0.744. The second-order valence-electron chi connectivity index (χ2n) is 7.39. The van der Waals surface area contributed by atoms with E-state index in [9.17, 15) is 9.90 Å². The zero-order chi connectivity index (χ0) is 13.9. The Bertz CT molecular complexity index is 403. The van der Waals surface area contributed by atoms with Crippen molar-refractivity contribution in [3.05, 3.63) is 0 Å². The molecule has 2 N–H and O–H groups in total. The van der Waals surface area contributed by atoms with Crippen LogP contribution in [0.3, 0.4) is 0 Å². The van der Waals surface area contributed by atoms with Crippen LogP contribution >= 0.6 is 0 Å². The summed E-state index contributed by atoms with van der Waals surface area (Å²) in [6.07, 6.45) is 2.23. The van der Waals surface area contributed by atoms with Crippen molar-refractivity contribution in [3.8, 4) is 0 Å². The van der Waals surface area contributed by atoms with Crippen molar-refractivity contribution in [3.63, 3.8) is 0 Å². The molecular weight excluding hydrogens is 240 g/mol. The molecule has 1 saturated heterocycles. The summed E-state index contributed by atoms with van der Waals surface area (Å²) in [5, 5.41) is 13.7. The number of fused-ring (bicyclic) bond motifs is 2. The number of nitrogens with one attached hydrogen (secondary N) is 1. The number of hydrogen-bond donors (Lipinski definition) is 2. The lowest BCUT2D eigenvalue weighted by atomic mass is 9.64. The van der Waals surface area contributed by atoms with Gasteiger partial charge in [-0.3, -0.25) is 4.79 Å². The van der Waals surface area contributed by atoms with Crippen LogP contribution < -0.4 is 5.32 Å². The van der Waals surface area contributed by atoms with Gasteiger partial charge in [0.1, 0.15) is 0 Å². The third-order valence-corrected chi connectivity index (χ3v) is 6.79. The molecule has 0 spiro atoms. The summed E-state index contributed by atoms with van der Waals surface area (Å²) in [6, 6.07) is 0. The first-order valence-electron chi connectivity index (χ1n) is 7.53. The molecule has 0 unspecified atom stereocenters. The van der Waals surface area contributed by atoms with Crippen molar-refractivity contribution in [1.82, 2.24) is 10.2 Å². The number of amides is 1. The van der Waals surface area contributed by atoms with Gasteiger partial charge < -0.3 is 15.3 Å². The third kappa shape index (κ3) is 1.44. The summed E-state index contributed by atoms with van der Waals surface area (Å²) < 4.78 is 0. The number of aliphatic hydroxyl groups excluding tert-OH is 1. The molecule has 0 radical (unpaired) electrons. The van der Waals surface area contributed by atoms with Crippen molar-refractivity contribution < 1.29 is 9.90 Å². The highest BCUT2D eigenvalue weighted by molar-refractivity contribution is 5.85. The first-order chi connectivity index (χ1) is 8.85. The predicted molar refractivity (Wildman–Crippen MR) is 73.6 cm³/mol. The number of aliphatic hydroxyl groups is 1. The summed E-state index contributed by atoms with van der Waals surface area (Å²) in [4.78, 5) is 15.1. The number of rotatable bonds is 1. The maximum Gasteiger partial charge on any atom is 0.229 e. The molecule has 3 atom stereocenters. The van der Waals surface area contributed by atoms with Crippen molar-refractivity contribution >= 4 is 5.91 Å². The molecule has 4 heteroatoms. The third-order valence-electron chi connectivity index (χ3n) is 6.79. The molecule has 2 aliphatic carbocycles. The van der Waals surface area contributed by atoms with Crippen molar-refractivity contribution in [2.24, 2.45) is 16.2 Å². The maximum atomic E-state index is 13.1. The van der Waals surface area contributed by atoms with E-state index < -0.39 is 0 Å². The van der Waals surface area contributed by atoms with E-state index in [-0.39, 0.29) is 22.3 Å². The summed E-state index contributed by atoms with van der Waals surface area (Å²) in [5.41, 5.74) is -0.545. The molecular formula is C15H26N2O2. The van der Waals surface area contributed by atoms with Crippen LogP contribution in [0.1, 0.15) is 40.0 Å². The smallest absolute Gasteiger partial charge is 0.229 e. The fourth-order valence-corrected chi connectivity index (χ4v) is 4.77. The Kier molecular flexibility index (Phi) is 2.78.